The second kappa shape index (κ2) is 12.7. The van der Waals surface area contributed by atoms with E-state index in [4.69, 9.17) is 14.2 Å². The largest absolute Gasteiger partial charge is 0.385 e. The lowest BCUT2D eigenvalue weighted by atomic mass is 10.1. The lowest BCUT2D eigenvalue weighted by Crippen LogP contribution is -2.38. The number of benzene rings is 1. The molecule has 6 heteroatoms. The highest BCUT2D eigenvalue weighted by molar-refractivity contribution is 5.79. The van der Waals surface area contributed by atoms with Crippen LogP contribution in [0.15, 0.2) is 29.3 Å². The van der Waals surface area contributed by atoms with E-state index in [9.17, 15) is 0 Å². The Morgan fingerprint density at radius 2 is 2.04 bits per heavy atom. The molecule has 1 saturated heterocycles. The average Bonchev–Trinajstić information content (AvgIpc) is 2.69. The Balaban J connectivity index is 1.82. The molecule has 26 heavy (non-hydrogen) atoms. The monoisotopic (exact) mass is 363 g/mol. The summed E-state index contributed by atoms with van der Waals surface area (Å²) in [7, 11) is 1.72. The number of hydrogen-bond acceptors (Lipinski definition) is 4. The van der Waals surface area contributed by atoms with Crippen LogP contribution in [0.3, 0.4) is 0 Å². The summed E-state index contributed by atoms with van der Waals surface area (Å²) in [6.45, 7) is 7.42. The molecule has 0 atom stereocenters. The van der Waals surface area contributed by atoms with Gasteiger partial charge in [0.1, 0.15) is 0 Å². The third-order valence-corrected chi connectivity index (χ3v) is 4.23. The van der Waals surface area contributed by atoms with Crippen LogP contribution in [0.4, 0.5) is 0 Å². The van der Waals surface area contributed by atoms with Crippen LogP contribution in [0.1, 0.15) is 37.3 Å². The molecule has 0 spiro atoms. The minimum atomic E-state index is 0.321. The lowest BCUT2D eigenvalue weighted by molar-refractivity contribution is -0.0390. The van der Waals surface area contributed by atoms with E-state index in [1.807, 2.05) is 0 Å². The predicted molar refractivity (Wildman–Crippen MR) is 104 cm³/mol. The number of ether oxygens (including phenoxy) is 3. The molecule has 0 bridgehead atoms. The van der Waals surface area contributed by atoms with Gasteiger partial charge in [-0.2, -0.15) is 0 Å². The Morgan fingerprint density at radius 3 is 2.81 bits per heavy atom. The van der Waals surface area contributed by atoms with E-state index >= 15 is 0 Å². The number of nitrogens with zero attached hydrogens (tertiary/aromatic N) is 1. The second-order valence-electron chi connectivity index (χ2n) is 6.41. The molecule has 2 rings (SSSR count). The maximum atomic E-state index is 6.01. The summed E-state index contributed by atoms with van der Waals surface area (Å²) in [5, 5.41) is 6.60. The van der Waals surface area contributed by atoms with Gasteiger partial charge in [-0.05, 0) is 37.3 Å². The minimum Gasteiger partial charge on any atom is -0.385 e. The first-order chi connectivity index (χ1) is 12.8. The smallest absolute Gasteiger partial charge is 0.191 e. The van der Waals surface area contributed by atoms with Crippen LogP contribution in [0.25, 0.3) is 0 Å². The van der Waals surface area contributed by atoms with Crippen LogP contribution >= 0.6 is 0 Å². The minimum absolute atomic E-state index is 0.321. The fourth-order valence-corrected chi connectivity index (χ4v) is 2.81. The van der Waals surface area contributed by atoms with Crippen molar-refractivity contribution >= 4 is 5.96 Å². The molecule has 0 radical (unpaired) electrons. The van der Waals surface area contributed by atoms with Gasteiger partial charge in [-0.1, -0.05) is 24.3 Å². The predicted octanol–water partition coefficient (Wildman–Crippen LogP) is 2.47. The van der Waals surface area contributed by atoms with E-state index in [1.165, 1.54) is 11.1 Å². The van der Waals surface area contributed by atoms with Crippen molar-refractivity contribution in [1.82, 2.24) is 10.6 Å². The first-order valence-corrected chi connectivity index (χ1v) is 9.60. The molecule has 146 valence electrons. The molecule has 0 aliphatic carbocycles. The van der Waals surface area contributed by atoms with Crippen molar-refractivity contribution in [2.24, 2.45) is 4.99 Å². The lowest BCUT2D eigenvalue weighted by Gasteiger charge is -2.22. The zero-order valence-electron chi connectivity index (χ0n) is 16.1. The normalized spacial score (nSPS) is 15.8. The third kappa shape index (κ3) is 8.17. The molecular formula is C20H33N3O3. The van der Waals surface area contributed by atoms with Gasteiger partial charge in [0.2, 0.25) is 0 Å². The Morgan fingerprint density at radius 1 is 1.23 bits per heavy atom. The van der Waals surface area contributed by atoms with Gasteiger partial charge >= 0.3 is 0 Å². The fourth-order valence-electron chi connectivity index (χ4n) is 2.81. The van der Waals surface area contributed by atoms with Crippen LogP contribution in [0.2, 0.25) is 0 Å². The van der Waals surface area contributed by atoms with Crippen molar-refractivity contribution in [3.8, 4) is 0 Å². The van der Waals surface area contributed by atoms with Crippen molar-refractivity contribution in [1.29, 1.82) is 0 Å². The molecule has 1 heterocycles. The van der Waals surface area contributed by atoms with Crippen molar-refractivity contribution in [2.45, 2.75) is 45.4 Å². The summed E-state index contributed by atoms with van der Waals surface area (Å²) >= 11 is 0. The highest BCUT2D eigenvalue weighted by Crippen LogP contribution is 2.14. The van der Waals surface area contributed by atoms with Gasteiger partial charge in [-0.25, -0.2) is 4.99 Å². The third-order valence-electron chi connectivity index (χ3n) is 4.23. The topological polar surface area (TPSA) is 64.1 Å². The molecular weight excluding hydrogens is 330 g/mol. The molecule has 6 nitrogen and oxygen atoms in total. The van der Waals surface area contributed by atoms with Crippen molar-refractivity contribution < 1.29 is 14.2 Å². The standard InChI is InChI=1S/C20H33N3O3/c1-3-21-20(22-10-5-11-24-2)23-15-17-6-4-7-18(14-17)16-26-19-8-12-25-13-9-19/h4,6-7,14,19H,3,5,8-13,15-16H2,1-2H3,(H2,21,22,23). The highest BCUT2D eigenvalue weighted by atomic mass is 16.5. The van der Waals surface area contributed by atoms with Crippen LogP contribution in [-0.2, 0) is 27.4 Å². The molecule has 0 unspecified atom stereocenters. The number of hydrogen-bond donors (Lipinski definition) is 2. The Kier molecular flexibility index (Phi) is 10.1. The van der Waals surface area contributed by atoms with E-state index in [-0.39, 0.29) is 0 Å². The van der Waals surface area contributed by atoms with Crippen molar-refractivity contribution in [3.05, 3.63) is 35.4 Å². The van der Waals surface area contributed by atoms with Gasteiger partial charge < -0.3 is 24.8 Å². The maximum absolute atomic E-state index is 6.01. The molecule has 1 fully saturated rings. The summed E-state index contributed by atoms with van der Waals surface area (Å²) in [5.41, 5.74) is 2.38. The molecule has 1 aromatic rings. The van der Waals surface area contributed by atoms with Gasteiger partial charge in [-0.3, -0.25) is 0 Å². The van der Waals surface area contributed by atoms with E-state index in [0.29, 0.717) is 19.3 Å². The summed E-state index contributed by atoms with van der Waals surface area (Å²) in [6, 6.07) is 8.47. The summed E-state index contributed by atoms with van der Waals surface area (Å²) in [6.07, 6.45) is 3.26. The van der Waals surface area contributed by atoms with Gasteiger partial charge in [0, 0.05) is 40.0 Å². The molecule has 1 aliphatic rings. The summed E-state index contributed by atoms with van der Waals surface area (Å²) in [4.78, 5) is 4.67. The molecule has 0 amide bonds. The number of methoxy groups -OCH3 is 1. The number of guanidine groups is 1. The first-order valence-electron chi connectivity index (χ1n) is 9.60. The molecule has 1 aromatic carbocycles. The van der Waals surface area contributed by atoms with E-state index < -0.39 is 0 Å². The number of rotatable bonds is 10. The zero-order chi connectivity index (χ0) is 18.5. The van der Waals surface area contributed by atoms with Crippen molar-refractivity contribution in [2.75, 3.05) is 40.0 Å². The summed E-state index contributed by atoms with van der Waals surface area (Å²) < 4.78 is 16.5. The van der Waals surface area contributed by atoms with Crippen LogP contribution in [-0.4, -0.2) is 52.1 Å². The SMILES string of the molecule is CCNC(=NCc1cccc(COC2CCOCC2)c1)NCCCOC. The van der Waals surface area contributed by atoms with Crippen molar-refractivity contribution in [3.63, 3.8) is 0 Å². The average molecular weight is 364 g/mol. The van der Waals surface area contributed by atoms with Crippen LogP contribution in [0, 0.1) is 0 Å². The van der Waals surface area contributed by atoms with E-state index in [0.717, 1.165) is 58.1 Å². The second-order valence-corrected chi connectivity index (χ2v) is 6.41. The molecule has 2 N–H and O–H groups in total. The van der Waals surface area contributed by atoms with Crippen LogP contribution < -0.4 is 10.6 Å². The zero-order valence-corrected chi connectivity index (χ0v) is 16.1. The van der Waals surface area contributed by atoms with Gasteiger partial charge in [0.25, 0.3) is 0 Å². The maximum Gasteiger partial charge on any atom is 0.191 e. The fraction of sp³-hybridized carbons (Fsp3) is 0.650. The first kappa shape index (κ1) is 20.7. The number of aliphatic imine (C=N–C) groups is 1. The summed E-state index contributed by atoms with van der Waals surface area (Å²) in [5.74, 6) is 0.840. The Bertz CT molecular complexity index is 531. The van der Waals surface area contributed by atoms with E-state index in [1.54, 1.807) is 7.11 Å². The molecule has 0 saturated carbocycles. The quantitative estimate of drug-likeness (QED) is 0.380. The van der Waals surface area contributed by atoms with E-state index in [2.05, 4.69) is 46.8 Å². The van der Waals surface area contributed by atoms with Gasteiger partial charge in [0.05, 0.1) is 19.3 Å². The molecule has 0 aromatic heterocycles. The van der Waals surface area contributed by atoms with Crippen LogP contribution in [0.5, 0.6) is 0 Å². The Hall–Kier alpha value is -1.63. The van der Waals surface area contributed by atoms with Gasteiger partial charge in [-0.15, -0.1) is 0 Å². The Labute approximate surface area is 157 Å². The highest BCUT2D eigenvalue weighted by Gasteiger charge is 2.13. The number of nitrogens with one attached hydrogen (secondary N) is 2. The molecule has 1 aliphatic heterocycles. The van der Waals surface area contributed by atoms with Gasteiger partial charge in [0.15, 0.2) is 5.96 Å².